The Bertz CT molecular complexity index is 1610. The molecule has 1 aromatic carbocycles. The lowest BCUT2D eigenvalue weighted by Gasteiger charge is -2.45. The summed E-state index contributed by atoms with van der Waals surface area (Å²) in [5, 5.41) is 10.1. The van der Waals surface area contributed by atoms with Gasteiger partial charge in [-0.25, -0.2) is 0 Å². The van der Waals surface area contributed by atoms with Gasteiger partial charge < -0.3 is 28.1 Å². The molecule has 1 aliphatic heterocycles. The second-order valence-electron chi connectivity index (χ2n) is 9.54. The first kappa shape index (κ1) is 30.7. The van der Waals surface area contributed by atoms with E-state index < -0.39 is 66.7 Å². The zero-order valence-corrected chi connectivity index (χ0v) is 23.7. The summed E-state index contributed by atoms with van der Waals surface area (Å²) in [7, 11) is 0. The highest BCUT2D eigenvalue weighted by molar-refractivity contribution is 5.73. The number of hydrogen-bond acceptors (Lipinski definition) is 12. The molecule has 0 amide bonds. The van der Waals surface area contributed by atoms with Gasteiger partial charge in [-0.3, -0.25) is 28.5 Å². The van der Waals surface area contributed by atoms with E-state index in [2.05, 4.69) is 0 Å². The van der Waals surface area contributed by atoms with Crippen molar-refractivity contribution >= 4 is 23.9 Å². The molecule has 43 heavy (non-hydrogen) atoms. The molecule has 1 saturated heterocycles. The van der Waals surface area contributed by atoms with Gasteiger partial charge in [0.05, 0.1) is 12.0 Å². The Balaban J connectivity index is 2.03. The van der Waals surface area contributed by atoms with Crippen LogP contribution in [0.25, 0.3) is 22.6 Å². The SMILES string of the molecule is CC(=O)OC[C@H]1O[C@@H](n2c(-c3ccccc3)cc(-c3ccco3)c(C#N)c2=O)[C@H](OC(C)=O)[C@@H](OC(C)=O)[C@@H]1OC(C)=O. The van der Waals surface area contributed by atoms with Crippen LogP contribution in [0.3, 0.4) is 0 Å². The quantitative estimate of drug-likeness (QED) is 0.277. The van der Waals surface area contributed by atoms with Gasteiger partial charge in [0, 0.05) is 33.3 Å². The van der Waals surface area contributed by atoms with Crippen LogP contribution in [0.4, 0.5) is 0 Å². The van der Waals surface area contributed by atoms with Gasteiger partial charge in [-0.15, -0.1) is 0 Å². The Morgan fingerprint density at radius 1 is 0.860 bits per heavy atom. The molecule has 2 aromatic heterocycles. The van der Waals surface area contributed by atoms with Crippen LogP contribution in [0.2, 0.25) is 0 Å². The molecular formula is C30H28N2O11. The predicted molar refractivity (Wildman–Crippen MR) is 146 cm³/mol. The summed E-state index contributed by atoms with van der Waals surface area (Å²) in [6.45, 7) is 3.95. The molecule has 1 aliphatic rings. The summed E-state index contributed by atoms with van der Waals surface area (Å²) in [5.41, 5.74) is -0.251. The van der Waals surface area contributed by atoms with Crippen molar-refractivity contribution in [1.82, 2.24) is 4.57 Å². The Kier molecular flexibility index (Phi) is 9.42. The minimum absolute atomic E-state index is 0.193. The fraction of sp³-hybridized carbons (Fsp3) is 0.333. The highest BCUT2D eigenvalue weighted by Gasteiger charge is 2.53. The summed E-state index contributed by atoms with van der Waals surface area (Å²) in [4.78, 5) is 62.7. The molecular weight excluding hydrogens is 564 g/mol. The number of hydrogen-bond donors (Lipinski definition) is 0. The Labute approximate surface area is 245 Å². The largest absolute Gasteiger partial charge is 0.464 e. The van der Waals surface area contributed by atoms with Gasteiger partial charge in [0.1, 0.15) is 30.1 Å². The van der Waals surface area contributed by atoms with Crippen LogP contribution in [-0.2, 0) is 42.9 Å². The first-order valence-electron chi connectivity index (χ1n) is 13.1. The van der Waals surface area contributed by atoms with Gasteiger partial charge in [0.25, 0.3) is 5.56 Å². The number of pyridine rings is 1. The van der Waals surface area contributed by atoms with Gasteiger partial charge in [-0.2, -0.15) is 5.26 Å². The number of rotatable bonds is 8. The van der Waals surface area contributed by atoms with Crippen molar-refractivity contribution in [3.63, 3.8) is 0 Å². The number of benzene rings is 1. The van der Waals surface area contributed by atoms with E-state index in [-0.39, 0.29) is 22.6 Å². The lowest BCUT2D eigenvalue weighted by molar-refractivity contribution is -0.268. The highest BCUT2D eigenvalue weighted by Crippen LogP contribution is 2.38. The standard InChI is InChI=1S/C30H28N2O11/c1-16(33)39-15-25-26(40-17(2)34)27(41-18(3)35)28(42-19(4)36)30(43-25)32-23(20-9-6-5-7-10-20)13-21(22(14-31)29(32)37)24-11-8-12-38-24/h5-13,25-28,30H,15H2,1-4H3/t25-,26-,27+,28-,30-/m1/s1. The van der Waals surface area contributed by atoms with Crippen molar-refractivity contribution in [2.75, 3.05) is 6.61 Å². The third kappa shape index (κ3) is 6.82. The topological polar surface area (TPSA) is 173 Å². The molecule has 13 heteroatoms. The van der Waals surface area contributed by atoms with E-state index in [0.717, 1.165) is 32.3 Å². The normalized spacial score (nSPS) is 21.2. The van der Waals surface area contributed by atoms with Crippen molar-refractivity contribution in [3.05, 3.63) is 70.7 Å². The average Bonchev–Trinajstić information content (AvgIpc) is 3.49. The van der Waals surface area contributed by atoms with Gasteiger partial charge in [0.2, 0.25) is 0 Å². The molecule has 13 nitrogen and oxygen atoms in total. The second kappa shape index (κ2) is 13.2. The average molecular weight is 593 g/mol. The molecule has 0 bridgehead atoms. The van der Waals surface area contributed by atoms with Crippen LogP contribution in [-0.4, -0.2) is 59.5 Å². The van der Waals surface area contributed by atoms with E-state index in [1.165, 1.54) is 6.26 Å². The zero-order valence-electron chi connectivity index (χ0n) is 23.7. The fourth-order valence-electron chi connectivity index (χ4n) is 4.86. The molecule has 3 heterocycles. The molecule has 5 atom stereocenters. The van der Waals surface area contributed by atoms with E-state index >= 15 is 0 Å². The summed E-state index contributed by atoms with van der Waals surface area (Å²) >= 11 is 0. The van der Waals surface area contributed by atoms with Crippen molar-refractivity contribution in [3.8, 4) is 28.7 Å². The molecule has 224 valence electrons. The molecule has 3 aromatic rings. The van der Waals surface area contributed by atoms with E-state index in [0.29, 0.717) is 5.56 Å². The van der Waals surface area contributed by atoms with Gasteiger partial charge in [-0.1, -0.05) is 30.3 Å². The molecule has 0 spiro atoms. The van der Waals surface area contributed by atoms with Crippen molar-refractivity contribution in [2.24, 2.45) is 0 Å². The predicted octanol–water partition coefficient (Wildman–Crippen LogP) is 2.90. The second-order valence-corrected chi connectivity index (χ2v) is 9.54. The Hall–Kier alpha value is -5.22. The molecule has 0 unspecified atom stereocenters. The lowest BCUT2D eigenvalue weighted by Crippen LogP contribution is -2.61. The number of furan rings is 1. The molecule has 0 aliphatic carbocycles. The maximum Gasteiger partial charge on any atom is 0.303 e. The van der Waals surface area contributed by atoms with Crippen LogP contribution < -0.4 is 5.56 Å². The summed E-state index contributed by atoms with van der Waals surface area (Å²) in [5.74, 6) is -2.90. The minimum Gasteiger partial charge on any atom is -0.464 e. The Morgan fingerprint density at radius 3 is 2.05 bits per heavy atom. The van der Waals surface area contributed by atoms with E-state index in [1.807, 2.05) is 6.07 Å². The number of aromatic nitrogens is 1. The number of nitriles is 1. The first-order valence-corrected chi connectivity index (χ1v) is 13.1. The molecule has 4 rings (SSSR count). The van der Waals surface area contributed by atoms with Crippen molar-refractivity contribution < 1.29 is 47.3 Å². The van der Waals surface area contributed by atoms with Gasteiger partial charge in [-0.05, 0) is 23.8 Å². The summed E-state index contributed by atoms with van der Waals surface area (Å²) < 4.78 is 34.5. The van der Waals surface area contributed by atoms with E-state index in [4.69, 9.17) is 28.1 Å². The maximum absolute atomic E-state index is 14.2. The van der Waals surface area contributed by atoms with Crippen molar-refractivity contribution in [1.29, 1.82) is 5.26 Å². The molecule has 0 saturated carbocycles. The molecule has 0 N–H and O–H groups in total. The van der Waals surface area contributed by atoms with Crippen molar-refractivity contribution in [2.45, 2.75) is 58.3 Å². The van der Waals surface area contributed by atoms with Crippen LogP contribution in [0.5, 0.6) is 0 Å². The zero-order chi connectivity index (χ0) is 31.3. The highest BCUT2D eigenvalue weighted by atomic mass is 16.7. The minimum atomic E-state index is -1.57. The summed E-state index contributed by atoms with van der Waals surface area (Å²) in [6.07, 6.45) is -5.99. The summed E-state index contributed by atoms with van der Waals surface area (Å²) in [6, 6.07) is 15.3. The molecule has 0 radical (unpaired) electrons. The first-order chi connectivity index (χ1) is 20.5. The van der Waals surface area contributed by atoms with Crippen LogP contribution >= 0.6 is 0 Å². The lowest BCUT2D eigenvalue weighted by atomic mass is 9.95. The van der Waals surface area contributed by atoms with Gasteiger partial charge in [0.15, 0.2) is 24.5 Å². The third-order valence-electron chi connectivity index (χ3n) is 6.43. The maximum atomic E-state index is 14.2. The van der Waals surface area contributed by atoms with Crippen LogP contribution in [0.15, 0.2) is 64.0 Å². The number of carbonyl (C=O) groups excluding carboxylic acids is 4. The number of carbonyl (C=O) groups is 4. The number of nitrogens with zero attached hydrogens (tertiary/aromatic N) is 2. The van der Waals surface area contributed by atoms with Crippen LogP contribution in [0, 0.1) is 11.3 Å². The van der Waals surface area contributed by atoms with Gasteiger partial charge >= 0.3 is 23.9 Å². The smallest absolute Gasteiger partial charge is 0.303 e. The van der Waals surface area contributed by atoms with E-state index in [1.54, 1.807) is 48.5 Å². The van der Waals surface area contributed by atoms with E-state index in [9.17, 15) is 29.2 Å². The third-order valence-corrected chi connectivity index (χ3v) is 6.43. The monoisotopic (exact) mass is 592 g/mol. The Morgan fingerprint density at radius 2 is 1.49 bits per heavy atom. The molecule has 1 fully saturated rings. The number of ether oxygens (including phenoxy) is 5. The number of esters is 4. The fourth-order valence-corrected chi connectivity index (χ4v) is 4.86. The van der Waals surface area contributed by atoms with Crippen LogP contribution in [0.1, 0.15) is 39.5 Å².